The SMILES string of the molecule is CC(=O)c1ccccc1-c1ccc(OCC2C3CN(C(C)C)CC23)cc1. The number of carbonyl (C=O) groups is 1. The van der Waals surface area contributed by atoms with Crippen LogP contribution in [0.5, 0.6) is 5.75 Å². The van der Waals surface area contributed by atoms with E-state index in [4.69, 9.17) is 4.74 Å². The van der Waals surface area contributed by atoms with Gasteiger partial charge in [0.15, 0.2) is 5.78 Å². The normalized spacial score (nSPS) is 24.5. The minimum Gasteiger partial charge on any atom is -0.493 e. The Balaban J connectivity index is 1.36. The van der Waals surface area contributed by atoms with Crippen LogP contribution in [0.25, 0.3) is 11.1 Å². The Morgan fingerprint density at radius 2 is 1.73 bits per heavy atom. The third-order valence-electron chi connectivity index (χ3n) is 6.04. The predicted molar refractivity (Wildman–Crippen MR) is 105 cm³/mol. The maximum Gasteiger partial charge on any atom is 0.160 e. The van der Waals surface area contributed by atoms with Crippen LogP contribution in [0.2, 0.25) is 0 Å². The fraction of sp³-hybridized carbons (Fsp3) is 0.435. The van der Waals surface area contributed by atoms with Gasteiger partial charge in [0.25, 0.3) is 0 Å². The van der Waals surface area contributed by atoms with Crippen molar-refractivity contribution in [1.29, 1.82) is 0 Å². The molecule has 0 radical (unpaired) electrons. The first kappa shape index (κ1) is 17.3. The molecule has 2 unspecified atom stereocenters. The number of ketones is 1. The maximum absolute atomic E-state index is 11.8. The van der Waals surface area contributed by atoms with Crippen LogP contribution in [-0.4, -0.2) is 36.4 Å². The van der Waals surface area contributed by atoms with Gasteiger partial charge in [-0.15, -0.1) is 0 Å². The minimum absolute atomic E-state index is 0.0941. The first-order valence-corrected chi connectivity index (χ1v) is 9.62. The van der Waals surface area contributed by atoms with Crippen LogP contribution in [0.4, 0.5) is 0 Å². The Bertz CT molecular complexity index is 784. The van der Waals surface area contributed by atoms with E-state index in [-0.39, 0.29) is 5.78 Å². The number of hydrogen-bond donors (Lipinski definition) is 0. The molecule has 26 heavy (non-hydrogen) atoms. The highest BCUT2D eigenvalue weighted by atomic mass is 16.5. The van der Waals surface area contributed by atoms with E-state index in [1.54, 1.807) is 6.92 Å². The molecule has 2 aromatic carbocycles. The number of nitrogens with zero attached hydrogens (tertiary/aromatic N) is 1. The lowest BCUT2D eigenvalue weighted by Gasteiger charge is -2.23. The quantitative estimate of drug-likeness (QED) is 0.718. The summed E-state index contributed by atoms with van der Waals surface area (Å²) in [6.45, 7) is 9.46. The number of likely N-dealkylation sites (tertiary alicyclic amines) is 1. The van der Waals surface area contributed by atoms with E-state index in [1.165, 1.54) is 13.1 Å². The van der Waals surface area contributed by atoms with Gasteiger partial charge in [0.1, 0.15) is 5.75 Å². The lowest BCUT2D eigenvalue weighted by atomic mass is 9.97. The number of ether oxygens (including phenoxy) is 1. The number of fused-ring (bicyclic) bond motifs is 1. The lowest BCUT2D eigenvalue weighted by Crippen LogP contribution is -2.31. The molecular formula is C23H27NO2. The van der Waals surface area contributed by atoms with Crippen molar-refractivity contribution in [1.82, 2.24) is 4.90 Å². The minimum atomic E-state index is 0.0941. The first-order chi connectivity index (χ1) is 12.5. The molecule has 1 heterocycles. The summed E-state index contributed by atoms with van der Waals surface area (Å²) in [5.74, 6) is 3.40. The maximum atomic E-state index is 11.8. The van der Waals surface area contributed by atoms with Crippen molar-refractivity contribution in [3.8, 4) is 16.9 Å². The number of carbonyl (C=O) groups excluding carboxylic acids is 1. The Morgan fingerprint density at radius 1 is 1.08 bits per heavy atom. The van der Waals surface area contributed by atoms with Gasteiger partial charge in [0, 0.05) is 30.6 Å². The average molecular weight is 349 g/mol. The van der Waals surface area contributed by atoms with Gasteiger partial charge in [-0.05, 0) is 55.9 Å². The number of benzene rings is 2. The molecule has 1 saturated heterocycles. The summed E-state index contributed by atoms with van der Waals surface area (Å²) in [6, 6.07) is 16.6. The second-order valence-corrected chi connectivity index (χ2v) is 7.98. The molecule has 0 amide bonds. The standard InChI is InChI=1S/C23H27NO2/c1-15(2)24-12-21-22(13-24)23(21)14-26-18-10-8-17(9-11-18)20-7-5-4-6-19(20)16(3)25/h4-11,15,21-23H,12-14H2,1-3H3. The average Bonchev–Trinajstić information content (AvgIpc) is 3.09. The van der Waals surface area contributed by atoms with E-state index in [0.29, 0.717) is 6.04 Å². The molecule has 0 aromatic heterocycles. The molecule has 2 aromatic rings. The molecule has 0 N–H and O–H groups in total. The van der Waals surface area contributed by atoms with Crippen LogP contribution >= 0.6 is 0 Å². The summed E-state index contributed by atoms with van der Waals surface area (Å²) >= 11 is 0. The second kappa shape index (κ2) is 6.88. The van der Waals surface area contributed by atoms with E-state index in [2.05, 4.69) is 18.7 Å². The van der Waals surface area contributed by atoms with Crippen LogP contribution < -0.4 is 4.74 Å². The topological polar surface area (TPSA) is 29.5 Å². The van der Waals surface area contributed by atoms with Crippen molar-refractivity contribution in [2.45, 2.75) is 26.8 Å². The monoisotopic (exact) mass is 349 g/mol. The van der Waals surface area contributed by atoms with Gasteiger partial charge >= 0.3 is 0 Å². The molecule has 0 spiro atoms. The lowest BCUT2D eigenvalue weighted by molar-refractivity contribution is 0.101. The van der Waals surface area contributed by atoms with Gasteiger partial charge in [-0.1, -0.05) is 36.4 Å². The summed E-state index contributed by atoms with van der Waals surface area (Å²) in [7, 11) is 0. The number of Topliss-reactive ketones (excluding diaryl/α,β-unsaturated/α-hetero) is 1. The highest BCUT2D eigenvalue weighted by Gasteiger charge is 2.56. The van der Waals surface area contributed by atoms with E-state index in [9.17, 15) is 4.79 Å². The Hall–Kier alpha value is -2.13. The van der Waals surface area contributed by atoms with Crippen molar-refractivity contribution in [3.05, 3.63) is 54.1 Å². The van der Waals surface area contributed by atoms with Crippen molar-refractivity contribution in [2.24, 2.45) is 17.8 Å². The van der Waals surface area contributed by atoms with Crippen LogP contribution in [-0.2, 0) is 0 Å². The van der Waals surface area contributed by atoms with Crippen molar-refractivity contribution in [3.63, 3.8) is 0 Å². The van der Waals surface area contributed by atoms with Crippen molar-refractivity contribution >= 4 is 5.78 Å². The molecular weight excluding hydrogens is 322 g/mol. The molecule has 3 heteroatoms. The van der Waals surface area contributed by atoms with Gasteiger partial charge in [0.2, 0.25) is 0 Å². The van der Waals surface area contributed by atoms with E-state index in [0.717, 1.165) is 46.8 Å². The zero-order chi connectivity index (χ0) is 18.3. The molecule has 2 fully saturated rings. The van der Waals surface area contributed by atoms with Crippen LogP contribution in [0.15, 0.2) is 48.5 Å². The fourth-order valence-corrected chi connectivity index (χ4v) is 4.32. The molecule has 0 bridgehead atoms. The number of piperidine rings is 1. The van der Waals surface area contributed by atoms with E-state index < -0.39 is 0 Å². The zero-order valence-corrected chi connectivity index (χ0v) is 15.8. The van der Waals surface area contributed by atoms with Crippen LogP contribution in [0, 0.1) is 17.8 Å². The van der Waals surface area contributed by atoms with Gasteiger partial charge in [-0.3, -0.25) is 4.79 Å². The number of rotatable bonds is 6. The third kappa shape index (κ3) is 3.28. The van der Waals surface area contributed by atoms with Gasteiger partial charge < -0.3 is 9.64 Å². The summed E-state index contributed by atoms with van der Waals surface area (Å²) in [4.78, 5) is 14.4. The van der Waals surface area contributed by atoms with E-state index >= 15 is 0 Å². The molecule has 4 rings (SSSR count). The molecule has 1 aliphatic carbocycles. The predicted octanol–water partition coefficient (Wildman–Crippen LogP) is 4.52. The van der Waals surface area contributed by atoms with Gasteiger partial charge in [-0.25, -0.2) is 0 Å². The molecule has 136 valence electrons. The Labute approximate surface area is 156 Å². The van der Waals surface area contributed by atoms with Crippen molar-refractivity contribution in [2.75, 3.05) is 19.7 Å². The third-order valence-corrected chi connectivity index (χ3v) is 6.04. The fourth-order valence-electron chi connectivity index (χ4n) is 4.32. The summed E-state index contributed by atoms with van der Waals surface area (Å²) < 4.78 is 6.05. The molecule has 3 nitrogen and oxygen atoms in total. The summed E-state index contributed by atoms with van der Waals surface area (Å²) in [6.07, 6.45) is 0. The number of hydrogen-bond acceptors (Lipinski definition) is 3. The zero-order valence-electron chi connectivity index (χ0n) is 15.8. The van der Waals surface area contributed by atoms with Crippen molar-refractivity contribution < 1.29 is 9.53 Å². The smallest absolute Gasteiger partial charge is 0.160 e. The van der Waals surface area contributed by atoms with Crippen LogP contribution in [0.1, 0.15) is 31.1 Å². The van der Waals surface area contributed by atoms with Gasteiger partial charge in [-0.2, -0.15) is 0 Å². The molecule has 1 aliphatic heterocycles. The summed E-state index contributed by atoms with van der Waals surface area (Å²) in [5, 5.41) is 0. The first-order valence-electron chi connectivity index (χ1n) is 9.62. The summed E-state index contributed by atoms with van der Waals surface area (Å²) in [5.41, 5.74) is 2.80. The Kier molecular flexibility index (Phi) is 4.58. The largest absolute Gasteiger partial charge is 0.493 e. The molecule has 2 atom stereocenters. The second-order valence-electron chi connectivity index (χ2n) is 7.98. The van der Waals surface area contributed by atoms with E-state index in [1.807, 2.05) is 48.5 Å². The van der Waals surface area contributed by atoms with Gasteiger partial charge in [0.05, 0.1) is 6.61 Å². The molecule has 1 saturated carbocycles. The van der Waals surface area contributed by atoms with Crippen LogP contribution in [0.3, 0.4) is 0 Å². The molecule has 2 aliphatic rings. The highest BCUT2D eigenvalue weighted by molar-refractivity contribution is 6.00. The Morgan fingerprint density at radius 3 is 2.35 bits per heavy atom. The highest BCUT2D eigenvalue weighted by Crippen LogP contribution is 2.52.